The summed E-state index contributed by atoms with van der Waals surface area (Å²) >= 11 is 0. The van der Waals surface area contributed by atoms with Gasteiger partial charge in [-0.25, -0.2) is 4.39 Å². The molecule has 2 rings (SSSR count). The minimum absolute atomic E-state index is 0.0342. The van der Waals surface area contributed by atoms with Gasteiger partial charge in [-0.3, -0.25) is 10.1 Å². The Morgan fingerprint density at radius 3 is 2.32 bits per heavy atom. The first kappa shape index (κ1) is 15.9. The maximum Gasteiger partial charge on any atom is 0.272 e. The van der Waals surface area contributed by atoms with E-state index in [1.807, 2.05) is 12.1 Å². The van der Waals surface area contributed by atoms with Gasteiger partial charge in [0.15, 0.2) is 11.6 Å². The Hall–Kier alpha value is -2.43. The zero-order valence-electron chi connectivity index (χ0n) is 12.8. The van der Waals surface area contributed by atoms with Gasteiger partial charge in [-0.05, 0) is 35.6 Å². The second kappa shape index (κ2) is 6.13. The van der Waals surface area contributed by atoms with Gasteiger partial charge in [-0.1, -0.05) is 32.9 Å². The van der Waals surface area contributed by atoms with E-state index in [0.29, 0.717) is 5.75 Å². The van der Waals surface area contributed by atoms with Crippen LogP contribution in [0.4, 0.5) is 10.1 Å². The number of benzene rings is 2. The fraction of sp³-hybridized carbons (Fsp3) is 0.294. The van der Waals surface area contributed by atoms with Gasteiger partial charge in [-0.15, -0.1) is 0 Å². The lowest BCUT2D eigenvalue weighted by Gasteiger charge is -2.23. The lowest BCUT2D eigenvalue weighted by molar-refractivity contribution is -0.385. The largest absolute Gasteiger partial charge is 0.454 e. The van der Waals surface area contributed by atoms with Gasteiger partial charge in [0.2, 0.25) is 0 Å². The lowest BCUT2D eigenvalue weighted by atomic mass is 9.82. The minimum atomic E-state index is -0.757. The van der Waals surface area contributed by atoms with Crippen LogP contribution >= 0.6 is 0 Å². The predicted octanol–water partition coefficient (Wildman–Crippen LogP) is 5.21. The van der Waals surface area contributed by atoms with Crippen molar-refractivity contribution in [3.05, 3.63) is 64.0 Å². The van der Waals surface area contributed by atoms with Crippen LogP contribution in [0.5, 0.6) is 11.5 Å². The van der Waals surface area contributed by atoms with Crippen LogP contribution in [0.25, 0.3) is 0 Å². The molecule has 0 aromatic heterocycles. The number of hydrogen-bond acceptors (Lipinski definition) is 3. The van der Waals surface area contributed by atoms with Gasteiger partial charge >= 0.3 is 0 Å². The summed E-state index contributed by atoms with van der Waals surface area (Å²) in [5.74, 6) is -0.302. The smallest absolute Gasteiger partial charge is 0.272 e. The first-order chi connectivity index (χ1) is 10.3. The molecule has 0 amide bonds. The summed E-state index contributed by atoms with van der Waals surface area (Å²) in [6, 6.07) is 10.8. The van der Waals surface area contributed by atoms with Crippen molar-refractivity contribution in [3.8, 4) is 11.5 Å². The summed E-state index contributed by atoms with van der Waals surface area (Å²) in [5, 5.41) is 10.6. The number of hydrogen-bond donors (Lipinski definition) is 0. The second-order valence-electron chi connectivity index (χ2n) is 5.74. The zero-order valence-corrected chi connectivity index (χ0v) is 12.8. The third-order valence-electron chi connectivity index (χ3n) is 3.87. The summed E-state index contributed by atoms with van der Waals surface area (Å²) in [4.78, 5) is 9.94. The van der Waals surface area contributed by atoms with Gasteiger partial charge in [-0.2, -0.15) is 0 Å². The van der Waals surface area contributed by atoms with Crippen molar-refractivity contribution in [2.45, 2.75) is 32.6 Å². The second-order valence-corrected chi connectivity index (χ2v) is 5.74. The molecule has 0 aliphatic carbocycles. The fourth-order valence-electron chi connectivity index (χ4n) is 1.99. The van der Waals surface area contributed by atoms with E-state index < -0.39 is 10.7 Å². The molecule has 22 heavy (non-hydrogen) atoms. The molecule has 5 heteroatoms. The first-order valence-corrected chi connectivity index (χ1v) is 7.06. The van der Waals surface area contributed by atoms with E-state index in [-0.39, 0.29) is 16.9 Å². The van der Waals surface area contributed by atoms with E-state index >= 15 is 0 Å². The van der Waals surface area contributed by atoms with Crippen molar-refractivity contribution < 1.29 is 14.1 Å². The van der Waals surface area contributed by atoms with Crippen molar-refractivity contribution in [2.75, 3.05) is 0 Å². The molecule has 0 saturated heterocycles. The Morgan fingerprint density at radius 2 is 1.82 bits per heavy atom. The molecule has 0 aliphatic rings. The summed E-state index contributed by atoms with van der Waals surface area (Å²) in [5.41, 5.74) is 0.938. The van der Waals surface area contributed by atoms with Crippen LogP contribution in [-0.4, -0.2) is 4.92 Å². The Kier molecular flexibility index (Phi) is 4.45. The minimum Gasteiger partial charge on any atom is -0.454 e. The molecule has 0 spiro atoms. The summed E-state index contributed by atoms with van der Waals surface area (Å²) in [7, 11) is 0. The number of non-ortho nitro benzene ring substituents is 1. The molecule has 0 atom stereocenters. The van der Waals surface area contributed by atoms with Crippen LogP contribution in [0.1, 0.15) is 32.8 Å². The molecule has 4 nitrogen and oxygen atoms in total. The van der Waals surface area contributed by atoms with E-state index in [0.717, 1.165) is 12.5 Å². The topological polar surface area (TPSA) is 52.4 Å². The Labute approximate surface area is 128 Å². The standard InChI is InChI=1S/C17H18FNO3/c1-4-17(2,3)12-5-8-14(9-6-12)22-16-10-7-13(19(20)21)11-15(16)18/h5-11H,4H2,1-3H3. The third-order valence-corrected chi connectivity index (χ3v) is 3.87. The highest BCUT2D eigenvalue weighted by Crippen LogP contribution is 2.31. The van der Waals surface area contributed by atoms with Crippen LogP contribution in [0.15, 0.2) is 42.5 Å². The van der Waals surface area contributed by atoms with Crippen molar-refractivity contribution >= 4 is 5.69 Å². The molecule has 2 aromatic carbocycles. The number of nitrogens with zero attached hydrogens (tertiary/aromatic N) is 1. The molecule has 0 N–H and O–H groups in total. The van der Waals surface area contributed by atoms with E-state index in [4.69, 9.17) is 4.74 Å². The van der Waals surface area contributed by atoms with Crippen molar-refractivity contribution in [3.63, 3.8) is 0 Å². The molecule has 0 fully saturated rings. The maximum absolute atomic E-state index is 13.8. The lowest BCUT2D eigenvalue weighted by Crippen LogP contribution is -2.14. The van der Waals surface area contributed by atoms with Crippen LogP contribution < -0.4 is 4.74 Å². The van der Waals surface area contributed by atoms with Gasteiger partial charge in [0.25, 0.3) is 5.69 Å². The quantitative estimate of drug-likeness (QED) is 0.562. The Morgan fingerprint density at radius 1 is 1.18 bits per heavy atom. The van der Waals surface area contributed by atoms with Crippen molar-refractivity contribution in [1.29, 1.82) is 0 Å². The molecule has 2 aromatic rings. The van der Waals surface area contributed by atoms with Crippen LogP contribution in [0.2, 0.25) is 0 Å². The number of nitro groups is 1. The van der Waals surface area contributed by atoms with Gasteiger partial charge < -0.3 is 4.74 Å². The van der Waals surface area contributed by atoms with E-state index in [2.05, 4.69) is 20.8 Å². The van der Waals surface area contributed by atoms with Gasteiger partial charge in [0.1, 0.15) is 5.75 Å². The number of rotatable bonds is 5. The average molecular weight is 303 g/mol. The predicted molar refractivity (Wildman–Crippen MR) is 82.9 cm³/mol. The van der Waals surface area contributed by atoms with Crippen molar-refractivity contribution in [1.82, 2.24) is 0 Å². The molecular formula is C17H18FNO3. The van der Waals surface area contributed by atoms with Crippen LogP contribution in [-0.2, 0) is 5.41 Å². The highest BCUT2D eigenvalue weighted by atomic mass is 19.1. The molecular weight excluding hydrogens is 285 g/mol. The number of ether oxygens (including phenoxy) is 1. The highest BCUT2D eigenvalue weighted by Gasteiger charge is 2.18. The molecule has 0 aliphatic heterocycles. The van der Waals surface area contributed by atoms with E-state index in [1.54, 1.807) is 12.1 Å². The molecule has 0 heterocycles. The number of halogens is 1. The van der Waals surface area contributed by atoms with Gasteiger partial charge in [0.05, 0.1) is 11.0 Å². The highest BCUT2D eigenvalue weighted by molar-refractivity contribution is 5.41. The molecule has 116 valence electrons. The normalized spacial score (nSPS) is 11.3. The maximum atomic E-state index is 13.8. The first-order valence-electron chi connectivity index (χ1n) is 7.06. The fourth-order valence-corrected chi connectivity index (χ4v) is 1.99. The molecule has 0 radical (unpaired) electrons. The van der Waals surface area contributed by atoms with Crippen molar-refractivity contribution in [2.24, 2.45) is 0 Å². The SMILES string of the molecule is CCC(C)(C)c1ccc(Oc2ccc([N+](=O)[O-])cc2F)cc1. The van der Waals surface area contributed by atoms with Gasteiger partial charge in [0, 0.05) is 6.07 Å². The van der Waals surface area contributed by atoms with E-state index in [1.165, 1.54) is 17.7 Å². The summed E-state index contributed by atoms with van der Waals surface area (Å²) in [6.07, 6.45) is 1.00. The third kappa shape index (κ3) is 3.42. The summed E-state index contributed by atoms with van der Waals surface area (Å²) in [6.45, 7) is 6.42. The molecule has 0 bridgehead atoms. The molecule has 0 unspecified atom stereocenters. The zero-order chi connectivity index (χ0) is 16.3. The van der Waals surface area contributed by atoms with Crippen LogP contribution in [0.3, 0.4) is 0 Å². The number of nitro benzene ring substituents is 1. The monoisotopic (exact) mass is 303 g/mol. The Bertz CT molecular complexity index is 681. The average Bonchev–Trinajstić information content (AvgIpc) is 2.49. The Balaban J connectivity index is 2.19. The summed E-state index contributed by atoms with van der Waals surface area (Å²) < 4.78 is 19.2. The van der Waals surface area contributed by atoms with E-state index in [9.17, 15) is 14.5 Å². The van der Waals surface area contributed by atoms with Crippen LogP contribution in [0, 0.1) is 15.9 Å². The molecule has 0 saturated carbocycles.